The number of rotatable bonds is 2. The van der Waals surface area contributed by atoms with Gasteiger partial charge in [0.1, 0.15) is 0 Å². The first-order chi connectivity index (χ1) is 20.5. The lowest BCUT2D eigenvalue weighted by molar-refractivity contribution is -0.00689. The Bertz CT molecular complexity index is 2200. The summed E-state index contributed by atoms with van der Waals surface area (Å²) in [5.41, 5.74) is 2.77. The molecule has 0 bridgehead atoms. The zero-order valence-corrected chi connectivity index (χ0v) is 22.2. The molecule has 42 heavy (non-hydrogen) atoms. The van der Waals surface area contributed by atoms with E-state index in [0.717, 1.165) is 37.7 Å². The van der Waals surface area contributed by atoms with Crippen LogP contribution in [0.5, 0.6) is 0 Å². The van der Waals surface area contributed by atoms with E-state index < -0.39 is 6.23 Å². The summed E-state index contributed by atoms with van der Waals surface area (Å²) in [7, 11) is 0. The number of benzene rings is 6. The van der Waals surface area contributed by atoms with Crippen LogP contribution in [-0.2, 0) is 0 Å². The van der Waals surface area contributed by atoms with Gasteiger partial charge in [0.25, 0.3) is 17.7 Å². The summed E-state index contributed by atoms with van der Waals surface area (Å²) in [4.78, 5) is 44.2. The Morgan fingerprint density at radius 3 is 1.76 bits per heavy atom. The van der Waals surface area contributed by atoms with Crippen LogP contribution in [0, 0.1) is 0 Å². The van der Waals surface area contributed by atoms with Crippen molar-refractivity contribution in [2.75, 3.05) is 4.90 Å². The minimum atomic E-state index is -1.08. The zero-order chi connectivity index (χ0) is 28.3. The first kappa shape index (κ1) is 23.4. The molecule has 1 N–H and O–H groups in total. The number of allylic oxidation sites excluding steroid dienone is 2. The third-order valence-electron chi connectivity index (χ3n) is 9.14. The number of nitrogens with zero attached hydrogens (tertiary/aromatic N) is 2. The third-order valence-corrected chi connectivity index (χ3v) is 9.14. The second kappa shape index (κ2) is 8.12. The Morgan fingerprint density at radius 1 is 0.595 bits per heavy atom. The molecule has 9 rings (SSSR count). The van der Waals surface area contributed by atoms with Crippen molar-refractivity contribution in [2.45, 2.75) is 18.7 Å². The number of carbonyl (C=O) groups is 3. The number of amides is 3. The molecule has 6 nitrogen and oxygen atoms in total. The molecular formula is C36H22N2O4. The molecule has 0 aromatic heterocycles. The predicted octanol–water partition coefficient (Wildman–Crippen LogP) is 6.87. The van der Waals surface area contributed by atoms with Crippen molar-refractivity contribution in [1.82, 2.24) is 4.90 Å². The fourth-order valence-corrected chi connectivity index (χ4v) is 7.32. The normalized spacial score (nSPS) is 19.8. The van der Waals surface area contributed by atoms with Gasteiger partial charge in [-0.1, -0.05) is 72.8 Å². The number of carbonyl (C=O) groups excluding carboxylic acids is 3. The maximum absolute atomic E-state index is 13.9. The summed E-state index contributed by atoms with van der Waals surface area (Å²) < 4.78 is 0. The third kappa shape index (κ3) is 2.79. The van der Waals surface area contributed by atoms with Crippen LogP contribution in [0.2, 0.25) is 0 Å². The van der Waals surface area contributed by atoms with Gasteiger partial charge in [-0.3, -0.25) is 14.4 Å². The Morgan fingerprint density at radius 2 is 1.17 bits per heavy atom. The van der Waals surface area contributed by atoms with Gasteiger partial charge >= 0.3 is 0 Å². The van der Waals surface area contributed by atoms with Crippen molar-refractivity contribution >= 4 is 66.5 Å². The van der Waals surface area contributed by atoms with Crippen LogP contribution in [0.3, 0.4) is 0 Å². The monoisotopic (exact) mass is 546 g/mol. The molecule has 0 radical (unpaired) electrons. The number of hydrogen-bond acceptors (Lipinski definition) is 4. The van der Waals surface area contributed by atoms with Crippen molar-refractivity contribution in [3.63, 3.8) is 0 Å². The molecular weight excluding hydrogens is 524 g/mol. The highest BCUT2D eigenvalue weighted by Gasteiger charge is 2.39. The van der Waals surface area contributed by atoms with Crippen LogP contribution in [0.1, 0.15) is 49.3 Å². The van der Waals surface area contributed by atoms with Gasteiger partial charge in [-0.05, 0) is 69.1 Å². The van der Waals surface area contributed by atoms with Crippen molar-refractivity contribution in [2.24, 2.45) is 0 Å². The highest BCUT2D eigenvalue weighted by atomic mass is 16.3. The average Bonchev–Trinajstić information content (AvgIpc) is 3.03. The molecule has 0 saturated heterocycles. The van der Waals surface area contributed by atoms with E-state index in [1.807, 2.05) is 78.9 Å². The van der Waals surface area contributed by atoms with Crippen LogP contribution in [0.4, 0.5) is 5.69 Å². The first-order valence-electron chi connectivity index (χ1n) is 14.0. The van der Waals surface area contributed by atoms with E-state index in [0.29, 0.717) is 39.7 Å². The summed E-state index contributed by atoms with van der Waals surface area (Å²) in [5.74, 6) is -0.894. The molecule has 0 spiro atoms. The summed E-state index contributed by atoms with van der Waals surface area (Å²) in [6.07, 6.45) is 7.38. The van der Waals surface area contributed by atoms with Crippen LogP contribution >= 0.6 is 0 Å². The molecule has 3 aliphatic rings. The van der Waals surface area contributed by atoms with E-state index in [1.54, 1.807) is 29.2 Å². The lowest BCUT2D eigenvalue weighted by Crippen LogP contribution is -2.44. The highest BCUT2D eigenvalue weighted by molar-refractivity contribution is 6.42. The Kier molecular flexibility index (Phi) is 4.52. The molecule has 1 unspecified atom stereocenters. The number of fused-ring (bicyclic) bond motifs is 2. The van der Waals surface area contributed by atoms with Crippen LogP contribution in [0.15, 0.2) is 103 Å². The Hall–Kier alpha value is -5.33. The lowest BCUT2D eigenvalue weighted by Gasteiger charge is -2.39. The molecule has 2 heterocycles. The van der Waals surface area contributed by atoms with Gasteiger partial charge in [0, 0.05) is 33.0 Å². The van der Waals surface area contributed by atoms with Crippen molar-refractivity contribution in [1.29, 1.82) is 0 Å². The fourth-order valence-electron chi connectivity index (χ4n) is 7.32. The molecule has 6 heteroatoms. The van der Waals surface area contributed by atoms with Gasteiger partial charge in [-0.15, -0.1) is 0 Å². The standard InChI is InChI=1S/C36H22N2O4/c39-33-25-15-11-21-23-13-17-27-32-28(36(42)38(35(27)41)20-9-5-2-6-10-20)18-14-24(30(23)32)22-12-16-26(31(25)29(21)22)34(40)37(33)19-7-3-1-4-8-19/h1-9,11-18,20,35,41H,10H2/t20?,35-/m0/s1. The molecule has 2 aliphatic heterocycles. The average molecular weight is 547 g/mol. The van der Waals surface area contributed by atoms with Crippen molar-refractivity contribution in [3.05, 3.63) is 125 Å². The van der Waals surface area contributed by atoms with E-state index in [-0.39, 0.29) is 23.8 Å². The number of anilines is 1. The SMILES string of the molecule is O=C1c2ccc3c4ccc5c6c(ccc(c7ccc(c2c37)C(=O)N1c1ccccc1)c64)[C@H](O)N(C1C=CC=CC1)C5=O. The van der Waals surface area contributed by atoms with E-state index in [4.69, 9.17) is 0 Å². The van der Waals surface area contributed by atoms with Crippen LogP contribution in [0.25, 0.3) is 43.1 Å². The van der Waals surface area contributed by atoms with Gasteiger partial charge < -0.3 is 10.0 Å². The van der Waals surface area contributed by atoms with Crippen LogP contribution in [-0.4, -0.2) is 33.8 Å². The lowest BCUT2D eigenvalue weighted by atomic mass is 9.82. The minimum absolute atomic E-state index is 0.197. The van der Waals surface area contributed by atoms with E-state index in [2.05, 4.69) is 0 Å². The van der Waals surface area contributed by atoms with Crippen LogP contribution < -0.4 is 4.90 Å². The van der Waals surface area contributed by atoms with E-state index >= 15 is 0 Å². The van der Waals surface area contributed by atoms with Gasteiger partial charge in [-0.25, -0.2) is 4.90 Å². The summed E-state index contributed by atoms with van der Waals surface area (Å²) in [6.45, 7) is 0. The number of para-hydroxylation sites is 1. The highest BCUT2D eigenvalue weighted by Crippen LogP contribution is 2.48. The molecule has 6 aromatic rings. The first-order valence-corrected chi connectivity index (χ1v) is 14.0. The van der Waals surface area contributed by atoms with Gasteiger partial charge in [0.05, 0.1) is 11.7 Å². The smallest absolute Gasteiger partial charge is 0.265 e. The fraction of sp³-hybridized carbons (Fsp3) is 0.0833. The molecule has 1 aliphatic carbocycles. The maximum atomic E-state index is 13.9. The second-order valence-electron chi connectivity index (χ2n) is 11.2. The minimum Gasteiger partial charge on any atom is -0.369 e. The Labute approximate surface area is 239 Å². The molecule has 6 aromatic carbocycles. The van der Waals surface area contributed by atoms with E-state index in [1.165, 1.54) is 4.90 Å². The summed E-state index contributed by atoms with van der Waals surface area (Å²) in [6, 6.07) is 24.0. The molecule has 0 fully saturated rings. The number of imide groups is 1. The van der Waals surface area contributed by atoms with Gasteiger partial charge in [-0.2, -0.15) is 0 Å². The number of aliphatic hydroxyl groups excluding tert-OH is 1. The summed E-state index contributed by atoms with van der Waals surface area (Å²) >= 11 is 0. The quantitative estimate of drug-likeness (QED) is 0.146. The van der Waals surface area contributed by atoms with Crippen molar-refractivity contribution in [3.8, 4) is 0 Å². The summed E-state index contributed by atoms with van der Waals surface area (Å²) in [5, 5.41) is 18.4. The number of aliphatic hydroxyl groups is 1. The van der Waals surface area contributed by atoms with E-state index in [9.17, 15) is 19.5 Å². The number of hydrogen-bond donors (Lipinski definition) is 1. The van der Waals surface area contributed by atoms with Gasteiger partial charge in [0.2, 0.25) is 0 Å². The molecule has 0 saturated carbocycles. The maximum Gasteiger partial charge on any atom is 0.265 e. The largest absolute Gasteiger partial charge is 0.369 e. The predicted molar refractivity (Wildman–Crippen MR) is 163 cm³/mol. The molecule has 2 atom stereocenters. The second-order valence-corrected chi connectivity index (χ2v) is 11.2. The molecule has 3 amide bonds. The molecule has 200 valence electrons. The Balaban J connectivity index is 1.32. The zero-order valence-electron chi connectivity index (χ0n) is 22.2. The van der Waals surface area contributed by atoms with Crippen molar-refractivity contribution < 1.29 is 19.5 Å². The topological polar surface area (TPSA) is 77.9 Å². The van der Waals surface area contributed by atoms with Gasteiger partial charge in [0.15, 0.2) is 6.23 Å².